The number of rotatable bonds is 3. The Morgan fingerprint density at radius 3 is 2.20 bits per heavy atom. The molecule has 0 unspecified atom stereocenters. The third kappa shape index (κ3) is 2.76. The van der Waals surface area contributed by atoms with Crippen molar-refractivity contribution in [1.82, 2.24) is 0 Å². The zero-order valence-electron chi connectivity index (χ0n) is 8.38. The average Bonchev–Trinajstić information content (AvgIpc) is 2.11. The van der Waals surface area contributed by atoms with E-state index in [1.54, 1.807) is 32.0 Å². The van der Waals surface area contributed by atoms with Gasteiger partial charge in [-0.15, -0.1) is 0 Å². The van der Waals surface area contributed by atoms with Crippen molar-refractivity contribution < 1.29 is 9.53 Å². The van der Waals surface area contributed by atoms with Crippen molar-refractivity contribution in [1.29, 1.82) is 0 Å². The molecule has 1 rings (SSSR count). The smallest absolute Gasteiger partial charge is 0.261 e. The van der Waals surface area contributed by atoms with Gasteiger partial charge < -0.3 is 10.5 Å². The number of ether oxygens (including phenoxy) is 1. The number of benzene rings is 1. The van der Waals surface area contributed by atoms with E-state index in [9.17, 15) is 4.79 Å². The van der Waals surface area contributed by atoms with Crippen LogP contribution in [0.25, 0.3) is 0 Å². The number of hydrogen-bond donors (Lipinski definition) is 1. The largest absolute Gasteiger partial charge is 0.475 e. The molecule has 0 aliphatic carbocycles. The molecule has 0 aliphatic heterocycles. The second kappa shape index (κ2) is 4.29. The van der Waals surface area contributed by atoms with Crippen LogP contribution in [0.1, 0.15) is 13.8 Å². The van der Waals surface area contributed by atoms with Gasteiger partial charge in [-0.2, -0.15) is 0 Å². The molecule has 0 aromatic heterocycles. The third-order valence-electron chi connectivity index (χ3n) is 1.87. The van der Waals surface area contributed by atoms with E-state index in [1.165, 1.54) is 0 Å². The Morgan fingerprint density at radius 1 is 1.33 bits per heavy atom. The van der Waals surface area contributed by atoms with E-state index >= 15 is 0 Å². The third-order valence-corrected chi connectivity index (χ3v) is 2.46. The summed E-state index contributed by atoms with van der Waals surface area (Å²) in [4.78, 5) is 11.1. The molecule has 0 aliphatic rings. The number of amides is 1. The topological polar surface area (TPSA) is 52.3 Å². The molecule has 0 saturated carbocycles. The Labute approximate surface area is 98.1 Å². The first-order chi connectivity index (χ1) is 6.84. The van der Waals surface area contributed by atoms with Crippen LogP contribution >= 0.6 is 23.2 Å². The second-order valence-corrected chi connectivity index (χ2v) is 4.34. The van der Waals surface area contributed by atoms with Crippen LogP contribution < -0.4 is 10.5 Å². The van der Waals surface area contributed by atoms with Crippen molar-refractivity contribution in [2.75, 3.05) is 0 Å². The first-order valence-corrected chi connectivity index (χ1v) is 5.03. The van der Waals surface area contributed by atoms with E-state index < -0.39 is 11.5 Å². The van der Waals surface area contributed by atoms with E-state index in [2.05, 4.69) is 0 Å². The number of carbonyl (C=O) groups is 1. The highest BCUT2D eigenvalue weighted by molar-refractivity contribution is 6.37. The van der Waals surface area contributed by atoms with Gasteiger partial charge in [0.05, 0.1) is 10.0 Å². The molecule has 2 N–H and O–H groups in total. The van der Waals surface area contributed by atoms with Crippen LogP contribution in [0.3, 0.4) is 0 Å². The molecule has 0 spiro atoms. The molecule has 0 atom stereocenters. The van der Waals surface area contributed by atoms with E-state index in [-0.39, 0.29) is 5.75 Å². The Balaban J connectivity index is 3.04. The molecule has 82 valence electrons. The van der Waals surface area contributed by atoms with Gasteiger partial charge in [0, 0.05) is 0 Å². The minimum atomic E-state index is -1.14. The highest BCUT2D eigenvalue weighted by Crippen LogP contribution is 2.34. The molecule has 1 aromatic carbocycles. The maximum atomic E-state index is 11.1. The Kier molecular flexibility index (Phi) is 3.47. The van der Waals surface area contributed by atoms with Gasteiger partial charge in [-0.1, -0.05) is 29.3 Å². The molecule has 0 bridgehead atoms. The van der Waals surface area contributed by atoms with Crippen LogP contribution in [0.4, 0.5) is 0 Å². The van der Waals surface area contributed by atoms with Gasteiger partial charge in [0.25, 0.3) is 5.91 Å². The first kappa shape index (κ1) is 12.1. The fraction of sp³-hybridized carbons (Fsp3) is 0.300. The molecule has 0 heterocycles. The summed E-state index contributed by atoms with van der Waals surface area (Å²) < 4.78 is 5.39. The lowest BCUT2D eigenvalue weighted by Crippen LogP contribution is -2.43. The van der Waals surface area contributed by atoms with E-state index in [0.29, 0.717) is 10.0 Å². The zero-order valence-corrected chi connectivity index (χ0v) is 9.89. The van der Waals surface area contributed by atoms with E-state index in [1.807, 2.05) is 0 Å². The normalized spacial score (nSPS) is 11.2. The summed E-state index contributed by atoms with van der Waals surface area (Å²) in [6.07, 6.45) is 0. The number of carbonyl (C=O) groups excluding carboxylic acids is 1. The van der Waals surface area contributed by atoms with Crippen molar-refractivity contribution in [3.8, 4) is 5.75 Å². The highest BCUT2D eigenvalue weighted by Gasteiger charge is 2.28. The summed E-state index contributed by atoms with van der Waals surface area (Å²) >= 11 is 11.8. The lowest BCUT2D eigenvalue weighted by atomic mass is 10.1. The van der Waals surface area contributed by atoms with E-state index in [4.69, 9.17) is 33.7 Å². The van der Waals surface area contributed by atoms with Crippen LogP contribution in [0.15, 0.2) is 18.2 Å². The van der Waals surface area contributed by atoms with Crippen LogP contribution in [-0.4, -0.2) is 11.5 Å². The van der Waals surface area contributed by atoms with Gasteiger partial charge in [-0.3, -0.25) is 4.79 Å². The SMILES string of the molecule is CC(C)(Oc1c(Cl)cccc1Cl)C(N)=O. The Hall–Kier alpha value is -0.930. The minimum Gasteiger partial charge on any atom is -0.475 e. The van der Waals surface area contributed by atoms with Gasteiger partial charge in [0.2, 0.25) is 0 Å². The van der Waals surface area contributed by atoms with Crippen molar-refractivity contribution in [3.63, 3.8) is 0 Å². The summed E-state index contributed by atoms with van der Waals surface area (Å²) in [6.45, 7) is 3.10. The quantitative estimate of drug-likeness (QED) is 0.893. The number of nitrogens with two attached hydrogens (primary N) is 1. The predicted molar refractivity (Wildman–Crippen MR) is 60.4 cm³/mol. The highest BCUT2D eigenvalue weighted by atomic mass is 35.5. The van der Waals surface area contributed by atoms with Gasteiger partial charge in [0.15, 0.2) is 11.4 Å². The summed E-state index contributed by atoms with van der Waals surface area (Å²) in [5.41, 5.74) is 4.02. The number of primary amides is 1. The van der Waals surface area contributed by atoms with Crippen LogP contribution in [0.2, 0.25) is 10.0 Å². The van der Waals surface area contributed by atoms with Crippen LogP contribution in [0.5, 0.6) is 5.75 Å². The average molecular weight is 248 g/mol. The first-order valence-electron chi connectivity index (χ1n) is 4.27. The fourth-order valence-electron chi connectivity index (χ4n) is 0.885. The number of para-hydroxylation sites is 1. The zero-order chi connectivity index (χ0) is 11.6. The molecule has 15 heavy (non-hydrogen) atoms. The predicted octanol–water partition coefficient (Wildman–Crippen LogP) is 2.64. The van der Waals surface area contributed by atoms with Crippen molar-refractivity contribution in [2.24, 2.45) is 5.73 Å². The Bertz CT molecular complexity index is 371. The molecule has 3 nitrogen and oxygen atoms in total. The maximum Gasteiger partial charge on any atom is 0.261 e. The monoisotopic (exact) mass is 247 g/mol. The molecule has 1 amide bonds. The van der Waals surface area contributed by atoms with Crippen molar-refractivity contribution in [2.45, 2.75) is 19.4 Å². The maximum absolute atomic E-state index is 11.1. The van der Waals surface area contributed by atoms with Crippen LogP contribution in [0, 0.1) is 0 Å². The summed E-state index contributed by atoms with van der Waals surface area (Å²) in [5.74, 6) is -0.317. The molecule has 0 radical (unpaired) electrons. The summed E-state index contributed by atoms with van der Waals surface area (Å²) in [7, 11) is 0. The molecule has 1 aromatic rings. The van der Waals surface area contributed by atoms with Crippen molar-refractivity contribution >= 4 is 29.1 Å². The van der Waals surface area contributed by atoms with Crippen LogP contribution in [-0.2, 0) is 4.79 Å². The fourth-order valence-corrected chi connectivity index (χ4v) is 1.36. The lowest BCUT2D eigenvalue weighted by Gasteiger charge is -2.23. The standard InChI is InChI=1S/C10H11Cl2NO2/c1-10(2,9(13)14)15-8-6(11)4-3-5-7(8)12/h3-5H,1-2H3,(H2,13,14). The van der Waals surface area contributed by atoms with Gasteiger partial charge in [-0.25, -0.2) is 0 Å². The van der Waals surface area contributed by atoms with Gasteiger partial charge in [0.1, 0.15) is 0 Å². The Morgan fingerprint density at radius 2 is 1.80 bits per heavy atom. The minimum absolute atomic E-state index is 0.268. The van der Waals surface area contributed by atoms with Gasteiger partial charge in [-0.05, 0) is 26.0 Å². The molecular weight excluding hydrogens is 237 g/mol. The lowest BCUT2D eigenvalue weighted by molar-refractivity contribution is -0.130. The molecule has 0 saturated heterocycles. The summed E-state index contributed by atoms with van der Waals surface area (Å²) in [5, 5.41) is 0.689. The molecule has 0 fully saturated rings. The molecule has 5 heteroatoms. The van der Waals surface area contributed by atoms with E-state index in [0.717, 1.165) is 0 Å². The summed E-state index contributed by atoms with van der Waals surface area (Å²) in [6, 6.07) is 4.94. The second-order valence-electron chi connectivity index (χ2n) is 3.53. The van der Waals surface area contributed by atoms with Crippen molar-refractivity contribution in [3.05, 3.63) is 28.2 Å². The number of halogens is 2. The molecular formula is C10H11Cl2NO2. The number of hydrogen-bond acceptors (Lipinski definition) is 2. The van der Waals surface area contributed by atoms with Gasteiger partial charge >= 0.3 is 0 Å².